The third-order valence-corrected chi connectivity index (χ3v) is 4.20. The molecule has 0 fully saturated rings. The van der Waals surface area contributed by atoms with Crippen molar-refractivity contribution in [1.82, 2.24) is 5.32 Å². The Morgan fingerprint density at radius 2 is 1.83 bits per heavy atom. The molecule has 3 aromatic rings. The zero-order valence-corrected chi connectivity index (χ0v) is 17.1. The average molecular weight is 429 g/mol. The molecule has 2 amide bonds. The monoisotopic (exact) mass is 428 g/mol. The predicted molar refractivity (Wildman–Crippen MR) is 113 cm³/mol. The van der Waals surface area contributed by atoms with Crippen LogP contribution in [-0.2, 0) is 4.79 Å². The van der Waals surface area contributed by atoms with E-state index in [-0.39, 0.29) is 30.5 Å². The molecule has 7 nitrogen and oxygen atoms in total. The Hall–Kier alpha value is -3.45. The number of rotatable bonds is 9. The molecule has 0 bridgehead atoms. The fourth-order valence-electron chi connectivity index (χ4n) is 2.58. The van der Waals surface area contributed by atoms with E-state index in [1.807, 2.05) is 6.92 Å². The Morgan fingerprint density at radius 3 is 2.53 bits per heavy atom. The molecule has 0 aliphatic rings. The van der Waals surface area contributed by atoms with Gasteiger partial charge in [-0.3, -0.25) is 9.59 Å². The van der Waals surface area contributed by atoms with Gasteiger partial charge in [0.25, 0.3) is 5.91 Å². The highest BCUT2D eigenvalue weighted by molar-refractivity contribution is 6.31. The number of anilines is 1. The third-order valence-electron chi connectivity index (χ3n) is 3.96. The fourth-order valence-corrected chi connectivity index (χ4v) is 2.76. The first-order valence-corrected chi connectivity index (χ1v) is 9.75. The van der Waals surface area contributed by atoms with Crippen molar-refractivity contribution in [3.8, 4) is 17.2 Å². The van der Waals surface area contributed by atoms with Gasteiger partial charge in [-0.15, -0.1) is 0 Å². The zero-order valence-electron chi connectivity index (χ0n) is 16.3. The molecule has 0 spiro atoms. The number of hydrogen-bond acceptors (Lipinski definition) is 5. The maximum atomic E-state index is 12.3. The van der Waals surface area contributed by atoms with E-state index in [2.05, 4.69) is 10.6 Å². The van der Waals surface area contributed by atoms with Crippen molar-refractivity contribution < 1.29 is 23.5 Å². The smallest absolute Gasteiger partial charge is 0.286 e. The van der Waals surface area contributed by atoms with Gasteiger partial charge in [0.15, 0.2) is 11.5 Å². The second-order valence-electron chi connectivity index (χ2n) is 6.18. The van der Waals surface area contributed by atoms with Gasteiger partial charge in [-0.25, -0.2) is 0 Å². The number of carbonyl (C=O) groups is 2. The fraction of sp³-hybridized carbons (Fsp3) is 0.182. The Labute approximate surface area is 178 Å². The standard InChI is InChI=1S/C22H21ClN2O5/c1-2-28-16-6-8-17(9-7-16)30-19-10-5-15(23)14-18(19)25-21(26)11-12-24-22(27)20-4-3-13-29-20/h3-10,13-14H,2,11-12H2,1H3,(H,24,27)(H,25,26). The number of carbonyl (C=O) groups excluding carboxylic acids is 2. The lowest BCUT2D eigenvalue weighted by atomic mass is 10.2. The quantitative estimate of drug-likeness (QED) is 0.506. The summed E-state index contributed by atoms with van der Waals surface area (Å²) < 4.78 is 16.3. The first-order chi connectivity index (χ1) is 14.5. The van der Waals surface area contributed by atoms with Crippen molar-refractivity contribution in [2.75, 3.05) is 18.5 Å². The van der Waals surface area contributed by atoms with Crippen LogP contribution in [0, 0.1) is 0 Å². The van der Waals surface area contributed by atoms with Gasteiger partial charge in [0.05, 0.1) is 18.6 Å². The number of amides is 2. The molecule has 0 saturated carbocycles. The van der Waals surface area contributed by atoms with Crippen molar-refractivity contribution in [2.45, 2.75) is 13.3 Å². The van der Waals surface area contributed by atoms with E-state index in [9.17, 15) is 9.59 Å². The Kier molecular flexibility index (Phi) is 7.34. The van der Waals surface area contributed by atoms with Crippen LogP contribution < -0.4 is 20.1 Å². The van der Waals surface area contributed by atoms with Crippen LogP contribution in [0.25, 0.3) is 0 Å². The molecule has 8 heteroatoms. The van der Waals surface area contributed by atoms with E-state index in [1.54, 1.807) is 54.6 Å². The van der Waals surface area contributed by atoms with Crippen molar-refractivity contribution in [2.24, 2.45) is 0 Å². The zero-order chi connectivity index (χ0) is 21.3. The van der Waals surface area contributed by atoms with E-state index >= 15 is 0 Å². The topological polar surface area (TPSA) is 89.8 Å². The molecular weight excluding hydrogens is 408 g/mol. The predicted octanol–water partition coefficient (Wildman–Crippen LogP) is 4.88. The molecule has 156 valence electrons. The van der Waals surface area contributed by atoms with Crippen LogP contribution in [0.3, 0.4) is 0 Å². The normalized spacial score (nSPS) is 10.3. The van der Waals surface area contributed by atoms with Gasteiger partial charge in [-0.2, -0.15) is 0 Å². The van der Waals surface area contributed by atoms with E-state index < -0.39 is 0 Å². The van der Waals surface area contributed by atoms with Crippen molar-refractivity contribution >= 4 is 29.1 Å². The van der Waals surface area contributed by atoms with E-state index in [1.165, 1.54) is 6.26 Å². The SMILES string of the molecule is CCOc1ccc(Oc2ccc(Cl)cc2NC(=O)CCNC(=O)c2ccco2)cc1. The molecule has 0 saturated heterocycles. The van der Waals surface area contributed by atoms with Gasteiger partial charge in [0.1, 0.15) is 11.5 Å². The van der Waals surface area contributed by atoms with Crippen LogP contribution in [-0.4, -0.2) is 25.0 Å². The Balaban J connectivity index is 1.58. The minimum atomic E-state index is -0.380. The summed E-state index contributed by atoms with van der Waals surface area (Å²) in [6, 6.07) is 15.3. The third kappa shape index (κ3) is 6.02. The molecule has 0 radical (unpaired) electrons. The molecular formula is C22H21ClN2O5. The summed E-state index contributed by atoms with van der Waals surface area (Å²) in [6.45, 7) is 2.64. The Bertz CT molecular complexity index is 987. The molecule has 30 heavy (non-hydrogen) atoms. The number of ether oxygens (including phenoxy) is 2. The van der Waals surface area contributed by atoms with Crippen molar-refractivity contribution in [1.29, 1.82) is 0 Å². The summed E-state index contributed by atoms with van der Waals surface area (Å²) in [6.07, 6.45) is 1.48. The molecule has 0 atom stereocenters. The number of halogens is 1. The summed E-state index contributed by atoms with van der Waals surface area (Å²) in [5, 5.41) is 5.84. The summed E-state index contributed by atoms with van der Waals surface area (Å²) in [4.78, 5) is 24.1. The van der Waals surface area contributed by atoms with E-state index in [0.717, 1.165) is 5.75 Å². The van der Waals surface area contributed by atoms with Gasteiger partial charge < -0.3 is 24.5 Å². The molecule has 0 aliphatic heterocycles. The van der Waals surface area contributed by atoms with Gasteiger partial charge in [-0.05, 0) is 61.5 Å². The van der Waals surface area contributed by atoms with Gasteiger partial charge >= 0.3 is 0 Å². The maximum Gasteiger partial charge on any atom is 0.286 e. The summed E-state index contributed by atoms with van der Waals surface area (Å²) in [5.74, 6) is 1.28. The number of furan rings is 1. The summed E-state index contributed by atoms with van der Waals surface area (Å²) in [7, 11) is 0. The van der Waals surface area contributed by atoms with Crippen LogP contribution in [0.1, 0.15) is 23.9 Å². The number of nitrogens with one attached hydrogen (secondary N) is 2. The van der Waals surface area contributed by atoms with Crippen LogP contribution in [0.2, 0.25) is 5.02 Å². The second kappa shape index (κ2) is 10.4. The highest BCUT2D eigenvalue weighted by atomic mass is 35.5. The largest absolute Gasteiger partial charge is 0.494 e. The molecule has 1 aromatic heterocycles. The van der Waals surface area contributed by atoms with Gasteiger partial charge in [0, 0.05) is 18.0 Å². The lowest BCUT2D eigenvalue weighted by molar-refractivity contribution is -0.116. The molecule has 3 rings (SSSR count). The molecule has 0 aliphatic carbocycles. The van der Waals surface area contributed by atoms with Gasteiger partial charge in [-0.1, -0.05) is 11.6 Å². The average Bonchev–Trinajstić information content (AvgIpc) is 3.26. The molecule has 1 heterocycles. The minimum Gasteiger partial charge on any atom is -0.494 e. The van der Waals surface area contributed by atoms with Crippen LogP contribution in [0.15, 0.2) is 65.3 Å². The van der Waals surface area contributed by atoms with Gasteiger partial charge in [0.2, 0.25) is 5.91 Å². The highest BCUT2D eigenvalue weighted by Gasteiger charge is 2.12. The summed E-state index contributed by atoms with van der Waals surface area (Å²) in [5.41, 5.74) is 0.429. The minimum absolute atomic E-state index is 0.0709. The molecule has 2 aromatic carbocycles. The lowest BCUT2D eigenvalue weighted by Gasteiger charge is -2.13. The van der Waals surface area contributed by atoms with Crippen LogP contribution in [0.4, 0.5) is 5.69 Å². The van der Waals surface area contributed by atoms with E-state index in [0.29, 0.717) is 28.8 Å². The number of hydrogen-bond donors (Lipinski definition) is 2. The summed E-state index contributed by atoms with van der Waals surface area (Å²) >= 11 is 6.07. The molecule has 0 unspecified atom stereocenters. The first-order valence-electron chi connectivity index (χ1n) is 9.37. The number of benzene rings is 2. The van der Waals surface area contributed by atoms with Crippen molar-refractivity contribution in [3.05, 3.63) is 71.6 Å². The van der Waals surface area contributed by atoms with Crippen LogP contribution >= 0.6 is 11.6 Å². The Morgan fingerprint density at radius 1 is 1.07 bits per heavy atom. The highest BCUT2D eigenvalue weighted by Crippen LogP contribution is 2.32. The molecule has 2 N–H and O–H groups in total. The lowest BCUT2D eigenvalue weighted by Crippen LogP contribution is -2.27. The van der Waals surface area contributed by atoms with Crippen LogP contribution in [0.5, 0.6) is 17.2 Å². The van der Waals surface area contributed by atoms with E-state index in [4.69, 9.17) is 25.5 Å². The maximum absolute atomic E-state index is 12.3. The van der Waals surface area contributed by atoms with Crippen molar-refractivity contribution in [3.63, 3.8) is 0 Å². The first kappa shape index (κ1) is 21.3. The second-order valence-corrected chi connectivity index (χ2v) is 6.61.